The third-order valence-corrected chi connectivity index (χ3v) is 12.3. The molecular formula is C53H41N. The van der Waals surface area contributed by atoms with Crippen molar-refractivity contribution in [2.75, 3.05) is 4.90 Å². The largest absolute Gasteiger partial charge is 0.310 e. The molecule has 0 aromatic heterocycles. The van der Waals surface area contributed by atoms with E-state index in [0.29, 0.717) is 0 Å². The summed E-state index contributed by atoms with van der Waals surface area (Å²) in [5, 5.41) is 0. The smallest absolute Gasteiger partial charge is 0.0686 e. The molecule has 1 nitrogen and oxygen atoms in total. The molecule has 0 N–H and O–H groups in total. The number of allylic oxidation sites excluding steroid dienone is 5. The van der Waals surface area contributed by atoms with Gasteiger partial charge in [-0.25, -0.2) is 0 Å². The van der Waals surface area contributed by atoms with Crippen molar-refractivity contribution in [2.45, 2.75) is 31.6 Å². The lowest BCUT2D eigenvalue weighted by Crippen LogP contribution is -2.26. The molecule has 0 heterocycles. The maximum atomic E-state index is 4.03. The van der Waals surface area contributed by atoms with E-state index in [1.165, 1.54) is 77.9 Å². The van der Waals surface area contributed by atoms with Crippen molar-refractivity contribution in [1.29, 1.82) is 0 Å². The highest BCUT2D eigenvalue weighted by molar-refractivity contribution is 5.98. The number of anilines is 3. The van der Waals surface area contributed by atoms with E-state index in [-0.39, 0.29) is 5.41 Å². The predicted octanol–water partition coefficient (Wildman–Crippen LogP) is 14.0. The minimum Gasteiger partial charge on any atom is -0.310 e. The van der Waals surface area contributed by atoms with Crippen LogP contribution in [-0.2, 0) is 10.8 Å². The fourth-order valence-electron chi connectivity index (χ4n) is 9.86. The van der Waals surface area contributed by atoms with Crippen molar-refractivity contribution in [3.8, 4) is 33.4 Å². The number of benzene rings is 7. The van der Waals surface area contributed by atoms with E-state index < -0.39 is 5.41 Å². The van der Waals surface area contributed by atoms with Gasteiger partial charge in [0.1, 0.15) is 0 Å². The van der Waals surface area contributed by atoms with Crippen molar-refractivity contribution in [3.05, 3.63) is 228 Å². The van der Waals surface area contributed by atoms with Crippen LogP contribution in [0.2, 0.25) is 0 Å². The number of nitrogens with zero attached hydrogens (tertiary/aromatic N) is 1. The predicted molar refractivity (Wildman–Crippen MR) is 228 cm³/mol. The molecule has 7 aromatic rings. The van der Waals surface area contributed by atoms with Gasteiger partial charge in [-0.1, -0.05) is 166 Å². The highest BCUT2D eigenvalue weighted by Crippen LogP contribution is 2.62. The summed E-state index contributed by atoms with van der Waals surface area (Å²) in [6, 6.07) is 60.9. The van der Waals surface area contributed by atoms with Crippen molar-refractivity contribution >= 4 is 22.6 Å². The Labute approximate surface area is 318 Å². The van der Waals surface area contributed by atoms with Gasteiger partial charge in [0.25, 0.3) is 0 Å². The molecule has 258 valence electrons. The quantitative estimate of drug-likeness (QED) is 0.157. The van der Waals surface area contributed by atoms with Crippen LogP contribution in [0.3, 0.4) is 0 Å². The molecular weight excluding hydrogens is 651 g/mol. The Kier molecular flexibility index (Phi) is 7.19. The number of rotatable bonds is 6. The van der Waals surface area contributed by atoms with Gasteiger partial charge in [-0.05, 0) is 121 Å². The van der Waals surface area contributed by atoms with Crippen LogP contribution in [0.4, 0.5) is 17.1 Å². The van der Waals surface area contributed by atoms with Gasteiger partial charge < -0.3 is 4.90 Å². The summed E-state index contributed by atoms with van der Waals surface area (Å²) in [6.07, 6.45) is 6.21. The molecule has 0 fully saturated rings. The van der Waals surface area contributed by atoms with E-state index in [1.807, 2.05) is 6.08 Å². The molecule has 1 spiro atoms. The summed E-state index contributed by atoms with van der Waals surface area (Å²) in [6.45, 7) is 11.1. The summed E-state index contributed by atoms with van der Waals surface area (Å²) in [4.78, 5) is 2.47. The van der Waals surface area contributed by atoms with Crippen LogP contribution in [-0.4, -0.2) is 0 Å². The average Bonchev–Trinajstić information content (AvgIpc) is 3.75. The molecule has 0 bridgehead atoms. The zero-order chi connectivity index (χ0) is 36.6. The Hall–Kier alpha value is -6.44. The van der Waals surface area contributed by atoms with Gasteiger partial charge >= 0.3 is 0 Å². The van der Waals surface area contributed by atoms with Gasteiger partial charge in [0.2, 0.25) is 0 Å². The molecule has 3 aliphatic carbocycles. The monoisotopic (exact) mass is 691 g/mol. The van der Waals surface area contributed by atoms with E-state index >= 15 is 0 Å². The SMILES string of the molecule is C=C/C=C\C1=C(C)C2(c3cc(N(c4cccc(-c5ccccc5)c4)c4ccc5c(c4)C(C)(C)c4ccccc4-5)ccc31)c1ccccc1-c1ccccc12. The third kappa shape index (κ3) is 4.45. The minimum absolute atomic E-state index is 0.119. The normalized spacial score (nSPS) is 15.2. The Bertz CT molecular complexity index is 2680. The molecule has 0 saturated heterocycles. The second-order valence-corrected chi connectivity index (χ2v) is 15.4. The standard InChI is InChI=1S/C53H41N/c1-5-6-21-41-35(2)53(48-26-14-11-23-43(48)44-24-12-15-27-49(44)53)51-34-40(28-30-45(41)51)54(38-20-16-19-37(32-38)36-17-8-7-9-18-36)39-29-31-46-42-22-10-13-25-47(42)52(3,4)50(46)33-39/h5-34H,1H2,2-4H3/b21-6-. The van der Waals surface area contributed by atoms with E-state index in [4.69, 9.17) is 0 Å². The molecule has 7 aromatic carbocycles. The average molecular weight is 692 g/mol. The summed E-state index contributed by atoms with van der Waals surface area (Å²) < 4.78 is 0. The van der Waals surface area contributed by atoms with Gasteiger partial charge in [0.05, 0.1) is 5.41 Å². The molecule has 54 heavy (non-hydrogen) atoms. The highest BCUT2D eigenvalue weighted by atomic mass is 15.1. The maximum absolute atomic E-state index is 4.03. The summed E-state index contributed by atoms with van der Waals surface area (Å²) >= 11 is 0. The van der Waals surface area contributed by atoms with Crippen LogP contribution in [0.1, 0.15) is 54.2 Å². The Morgan fingerprint density at radius 3 is 1.65 bits per heavy atom. The maximum Gasteiger partial charge on any atom is 0.0686 e. The molecule has 1 heteroatoms. The van der Waals surface area contributed by atoms with Crippen LogP contribution in [0.15, 0.2) is 194 Å². The van der Waals surface area contributed by atoms with Crippen molar-refractivity contribution in [2.24, 2.45) is 0 Å². The first-order valence-corrected chi connectivity index (χ1v) is 19.0. The minimum atomic E-state index is -0.418. The van der Waals surface area contributed by atoms with Crippen molar-refractivity contribution in [3.63, 3.8) is 0 Å². The van der Waals surface area contributed by atoms with Crippen LogP contribution in [0.5, 0.6) is 0 Å². The molecule has 0 amide bonds. The summed E-state index contributed by atoms with van der Waals surface area (Å²) in [5.41, 5.74) is 21.2. The zero-order valence-corrected chi connectivity index (χ0v) is 31.0. The molecule has 0 aliphatic heterocycles. The lowest BCUT2D eigenvalue weighted by Gasteiger charge is -2.33. The molecule has 10 rings (SSSR count). The summed E-state index contributed by atoms with van der Waals surface area (Å²) in [7, 11) is 0. The lowest BCUT2D eigenvalue weighted by atomic mass is 9.70. The first-order valence-electron chi connectivity index (χ1n) is 19.0. The topological polar surface area (TPSA) is 3.24 Å². The van der Waals surface area contributed by atoms with Crippen molar-refractivity contribution in [1.82, 2.24) is 0 Å². The third-order valence-electron chi connectivity index (χ3n) is 12.3. The van der Waals surface area contributed by atoms with E-state index in [9.17, 15) is 0 Å². The molecule has 0 radical (unpaired) electrons. The van der Waals surface area contributed by atoms with Crippen molar-refractivity contribution < 1.29 is 0 Å². The Morgan fingerprint density at radius 1 is 0.463 bits per heavy atom. The Balaban J connectivity index is 1.23. The first-order chi connectivity index (χ1) is 26.4. The van der Waals surface area contributed by atoms with E-state index in [2.05, 4.69) is 208 Å². The zero-order valence-electron chi connectivity index (χ0n) is 31.0. The fraction of sp³-hybridized carbons (Fsp3) is 0.0943. The molecule has 0 saturated carbocycles. The Morgan fingerprint density at radius 2 is 0.981 bits per heavy atom. The fourth-order valence-corrected chi connectivity index (χ4v) is 9.86. The van der Waals surface area contributed by atoms with Gasteiger partial charge in [-0.2, -0.15) is 0 Å². The highest BCUT2D eigenvalue weighted by Gasteiger charge is 2.51. The van der Waals surface area contributed by atoms with Gasteiger partial charge in [0.15, 0.2) is 0 Å². The molecule has 3 aliphatic rings. The van der Waals surface area contributed by atoms with E-state index in [0.717, 1.165) is 17.1 Å². The van der Waals surface area contributed by atoms with Crippen LogP contribution < -0.4 is 4.90 Å². The van der Waals surface area contributed by atoms with Gasteiger partial charge in [-0.3, -0.25) is 0 Å². The summed E-state index contributed by atoms with van der Waals surface area (Å²) in [5.74, 6) is 0. The van der Waals surface area contributed by atoms with Gasteiger partial charge in [-0.15, -0.1) is 0 Å². The molecule has 0 atom stereocenters. The van der Waals surface area contributed by atoms with Gasteiger partial charge in [0, 0.05) is 22.5 Å². The van der Waals surface area contributed by atoms with Crippen LogP contribution in [0, 0.1) is 0 Å². The number of hydrogen-bond donors (Lipinski definition) is 0. The number of fused-ring (bicyclic) bond motifs is 10. The van der Waals surface area contributed by atoms with E-state index in [1.54, 1.807) is 0 Å². The first kappa shape index (κ1) is 32.2. The molecule has 0 unspecified atom stereocenters. The number of hydrogen-bond acceptors (Lipinski definition) is 1. The van der Waals surface area contributed by atoms with Crippen LogP contribution >= 0.6 is 0 Å². The second kappa shape index (κ2) is 12.0. The van der Waals surface area contributed by atoms with Crippen LogP contribution in [0.25, 0.3) is 39.0 Å². The second-order valence-electron chi connectivity index (χ2n) is 15.4. The lowest BCUT2D eigenvalue weighted by molar-refractivity contribution is 0.660.